The van der Waals surface area contributed by atoms with E-state index in [4.69, 9.17) is 0 Å². The topological polar surface area (TPSA) is 122 Å². The Morgan fingerprint density at radius 1 is 1.17 bits per heavy atom. The molecule has 0 N–H and O–H groups in total. The number of nitrogens with zero attached hydrogens (tertiary/aromatic N) is 7. The largest absolute Gasteiger partial charge is 0.293 e. The van der Waals surface area contributed by atoms with Crippen molar-refractivity contribution in [2.75, 3.05) is 29.1 Å². The van der Waals surface area contributed by atoms with Gasteiger partial charge in [0.25, 0.3) is 5.91 Å². The van der Waals surface area contributed by atoms with Gasteiger partial charge in [-0.05, 0) is 6.07 Å². The minimum atomic E-state index is -3.59. The Morgan fingerprint density at radius 3 is 2.62 bits per heavy atom. The number of carbonyl (C=O) groups excluding carboxylic acids is 1. The number of carbonyl (C=O) groups is 1. The van der Waals surface area contributed by atoms with Gasteiger partial charge in [0.1, 0.15) is 5.56 Å². The molecule has 0 spiro atoms. The lowest BCUT2D eigenvalue weighted by Gasteiger charge is -2.33. The van der Waals surface area contributed by atoms with Crippen LogP contribution in [0.1, 0.15) is 10.4 Å². The molecule has 24 heavy (non-hydrogen) atoms. The van der Waals surface area contributed by atoms with Crippen molar-refractivity contribution in [2.24, 2.45) is 4.99 Å². The molecule has 11 heteroatoms. The van der Waals surface area contributed by atoms with Crippen molar-refractivity contribution in [1.29, 1.82) is 0 Å². The molecule has 0 saturated heterocycles. The van der Waals surface area contributed by atoms with E-state index in [-0.39, 0.29) is 22.5 Å². The van der Waals surface area contributed by atoms with Crippen LogP contribution in [0.2, 0.25) is 0 Å². The lowest BCUT2D eigenvalue weighted by atomic mass is 10.2. The number of anilines is 2. The van der Waals surface area contributed by atoms with Crippen LogP contribution in [0.4, 0.5) is 11.8 Å². The molecule has 2 aliphatic rings. The maximum atomic E-state index is 12.8. The monoisotopic (exact) mass is 345 g/mol. The molecule has 0 aromatic carbocycles. The molecule has 0 aliphatic carbocycles. The van der Waals surface area contributed by atoms with Gasteiger partial charge in [-0.1, -0.05) is 0 Å². The third kappa shape index (κ3) is 2.12. The number of amides is 1. The van der Waals surface area contributed by atoms with Gasteiger partial charge in [0, 0.05) is 31.4 Å². The van der Waals surface area contributed by atoms with Crippen LogP contribution in [0.25, 0.3) is 0 Å². The number of guanidine groups is 1. The van der Waals surface area contributed by atoms with E-state index in [1.807, 2.05) is 0 Å². The zero-order valence-electron chi connectivity index (χ0n) is 12.5. The molecule has 0 bridgehead atoms. The molecule has 2 aromatic rings. The van der Waals surface area contributed by atoms with E-state index in [1.165, 1.54) is 23.5 Å². The molecule has 2 aromatic heterocycles. The van der Waals surface area contributed by atoms with Gasteiger partial charge in [0.2, 0.25) is 26.9 Å². The summed E-state index contributed by atoms with van der Waals surface area (Å²) < 4.78 is 23.4. The number of aromatic nitrogens is 4. The van der Waals surface area contributed by atoms with Crippen LogP contribution >= 0.6 is 0 Å². The van der Waals surface area contributed by atoms with Gasteiger partial charge in [-0.15, -0.1) is 0 Å². The Kier molecular flexibility index (Phi) is 3.06. The molecule has 122 valence electrons. The molecule has 4 rings (SSSR count). The minimum Gasteiger partial charge on any atom is -0.293 e. The Morgan fingerprint density at radius 2 is 1.92 bits per heavy atom. The first kappa shape index (κ1) is 14.6. The first-order valence-electron chi connectivity index (χ1n) is 6.97. The average molecular weight is 345 g/mol. The Bertz CT molecular complexity index is 974. The minimum absolute atomic E-state index is 0.177. The standard InChI is InChI=1S/C13H11N7O3S/c1-24(22,23)12-17-7-8-9(18-12)19-6-5-16-13(19)20(10(8)21)11-14-3-2-4-15-11/h2-4,7H,5-6H2,1H3. The Hall–Kier alpha value is -2.95. The molecule has 1 amide bonds. The maximum Gasteiger partial charge on any atom is 0.272 e. The number of aliphatic imine (C=N–C) groups is 1. The molecule has 0 fully saturated rings. The highest BCUT2D eigenvalue weighted by Gasteiger charge is 2.41. The van der Waals surface area contributed by atoms with Crippen molar-refractivity contribution in [3.63, 3.8) is 0 Å². The van der Waals surface area contributed by atoms with E-state index in [9.17, 15) is 13.2 Å². The van der Waals surface area contributed by atoms with Gasteiger partial charge in [-0.25, -0.2) is 33.3 Å². The van der Waals surface area contributed by atoms with Crippen LogP contribution < -0.4 is 9.80 Å². The smallest absolute Gasteiger partial charge is 0.272 e. The second-order valence-corrected chi connectivity index (χ2v) is 7.09. The van der Waals surface area contributed by atoms with Crippen molar-refractivity contribution in [3.05, 3.63) is 30.2 Å². The lowest BCUT2D eigenvalue weighted by Crippen LogP contribution is -2.51. The number of hydrogen-bond donors (Lipinski definition) is 0. The van der Waals surface area contributed by atoms with E-state index in [0.717, 1.165) is 6.26 Å². The highest BCUT2D eigenvalue weighted by atomic mass is 32.2. The van der Waals surface area contributed by atoms with E-state index < -0.39 is 15.7 Å². The van der Waals surface area contributed by atoms with Crippen LogP contribution in [0.15, 0.2) is 34.8 Å². The van der Waals surface area contributed by atoms with E-state index in [1.54, 1.807) is 11.0 Å². The molecule has 4 heterocycles. The highest BCUT2D eigenvalue weighted by molar-refractivity contribution is 7.90. The second-order valence-electron chi connectivity index (χ2n) is 5.18. The SMILES string of the molecule is CS(=O)(=O)c1ncc2c(n1)N1CCN=C1N(c1ncccn1)C2=O. The van der Waals surface area contributed by atoms with Gasteiger partial charge in [-0.2, -0.15) is 4.98 Å². The van der Waals surface area contributed by atoms with E-state index >= 15 is 0 Å². The predicted octanol–water partition coefficient (Wildman–Crippen LogP) is -0.494. The fourth-order valence-corrected chi connectivity index (χ4v) is 3.01. The average Bonchev–Trinajstić information content (AvgIpc) is 3.04. The van der Waals surface area contributed by atoms with Crippen molar-refractivity contribution >= 4 is 33.5 Å². The molecular weight excluding hydrogens is 334 g/mol. The van der Waals surface area contributed by atoms with Crippen LogP contribution in [0.5, 0.6) is 0 Å². The van der Waals surface area contributed by atoms with Crippen LogP contribution in [-0.4, -0.2) is 59.6 Å². The van der Waals surface area contributed by atoms with Crippen LogP contribution in [0, 0.1) is 0 Å². The molecule has 10 nitrogen and oxygen atoms in total. The summed E-state index contributed by atoms with van der Waals surface area (Å²) >= 11 is 0. The summed E-state index contributed by atoms with van der Waals surface area (Å²) in [6, 6.07) is 1.64. The predicted molar refractivity (Wildman–Crippen MR) is 83.6 cm³/mol. The summed E-state index contributed by atoms with van der Waals surface area (Å²) in [6.07, 6.45) is 5.27. The van der Waals surface area contributed by atoms with Gasteiger partial charge in [0.15, 0.2) is 5.82 Å². The van der Waals surface area contributed by atoms with Gasteiger partial charge in [0.05, 0.1) is 6.54 Å². The fraction of sp³-hybridized carbons (Fsp3) is 0.231. The van der Waals surface area contributed by atoms with E-state index in [2.05, 4.69) is 24.9 Å². The van der Waals surface area contributed by atoms with Gasteiger partial charge in [-0.3, -0.25) is 9.69 Å². The summed E-state index contributed by atoms with van der Waals surface area (Å²) in [5.74, 6) is 0.301. The molecule has 0 saturated carbocycles. The molecule has 0 radical (unpaired) electrons. The van der Waals surface area contributed by atoms with Gasteiger partial charge < -0.3 is 0 Å². The molecule has 0 unspecified atom stereocenters. The fourth-order valence-electron chi connectivity index (χ4n) is 2.52. The van der Waals surface area contributed by atoms with Crippen molar-refractivity contribution in [2.45, 2.75) is 5.16 Å². The first-order valence-corrected chi connectivity index (χ1v) is 8.86. The number of rotatable bonds is 2. The highest BCUT2D eigenvalue weighted by Crippen LogP contribution is 2.30. The number of hydrogen-bond acceptors (Lipinski definition) is 9. The Balaban J connectivity index is 1.90. The summed E-state index contributed by atoms with van der Waals surface area (Å²) in [5.41, 5.74) is 0.177. The first-order chi connectivity index (χ1) is 11.5. The summed E-state index contributed by atoms with van der Waals surface area (Å²) in [7, 11) is -3.59. The second kappa shape index (κ2) is 5.03. The Labute approximate surface area is 136 Å². The zero-order valence-corrected chi connectivity index (χ0v) is 13.3. The van der Waals surface area contributed by atoms with Crippen LogP contribution in [0.3, 0.4) is 0 Å². The van der Waals surface area contributed by atoms with Gasteiger partial charge >= 0.3 is 0 Å². The lowest BCUT2D eigenvalue weighted by molar-refractivity contribution is 0.0998. The van der Waals surface area contributed by atoms with Crippen molar-refractivity contribution in [1.82, 2.24) is 19.9 Å². The van der Waals surface area contributed by atoms with Crippen LogP contribution in [-0.2, 0) is 9.84 Å². The molecule has 0 atom stereocenters. The van der Waals surface area contributed by atoms with Crippen molar-refractivity contribution in [3.8, 4) is 0 Å². The number of fused-ring (bicyclic) bond motifs is 3. The normalized spacial score (nSPS) is 16.7. The van der Waals surface area contributed by atoms with E-state index in [0.29, 0.717) is 19.0 Å². The maximum absolute atomic E-state index is 12.8. The third-order valence-corrected chi connectivity index (χ3v) is 4.40. The quantitative estimate of drug-likeness (QED) is 0.668. The summed E-state index contributed by atoms with van der Waals surface area (Å²) in [6.45, 7) is 0.919. The number of sulfone groups is 1. The van der Waals surface area contributed by atoms with Crippen molar-refractivity contribution < 1.29 is 13.2 Å². The molecular formula is C13H11N7O3S. The summed E-state index contributed by atoms with van der Waals surface area (Å²) in [5, 5.41) is -0.329. The molecule has 2 aliphatic heterocycles. The summed E-state index contributed by atoms with van der Waals surface area (Å²) in [4.78, 5) is 36.1. The zero-order chi connectivity index (χ0) is 16.9. The third-order valence-electron chi connectivity index (χ3n) is 3.54.